The Morgan fingerprint density at radius 3 is 3.12 bits per heavy atom. The van der Waals surface area contributed by atoms with E-state index in [1.807, 2.05) is 23.9 Å². The van der Waals surface area contributed by atoms with Crippen molar-refractivity contribution in [3.63, 3.8) is 0 Å². The minimum absolute atomic E-state index is 0.267. The summed E-state index contributed by atoms with van der Waals surface area (Å²) in [5.74, 6) is 0.267. The van der Waals surface area contributed by atoms with E-state index in [2.05, 4.69) is 16.6 Å². The molecule has 0 bridgehead atoms. The summed E-state index contributed by atoms with van der Waals surface area (Å²) in [7, 11) is 1.97. The first kappa shape index (κ1) is 10.4. The van der Waals surface area contributed by atoms with Gasteiger partial charge >= 0.3 is 0 Å². The average Bonchev–Trinajstić information content (AvgIpc) is 2.87. The predicted octanol–water partition coefficient (Wildman–Crippen LogP) is 1.78. The Morgan fingerprint density at radius 2 is 2.35 bits per heavy atom. The van der Waals surface area contributed by atoms with Gasteiger partial charge in [0.05, 0.1) is 17.4 Å². The van der Waals surface area contributed by atoms with Crippen molar-refractivity contribution < 1.29 is 5.11 Å². The smallest absolute Gasteiger partial charge is 0.117 e. The highest BCUT2D eigenvalue weighted by Gasteiger charge is 2.24. The zero-order valence-electron chi connectivity index (χ0n) is 9.72. The molecule has 0 amide bonds. The van der Waals surface area contributed by atoms with Crippen LogP contribution in [0.2, 0.25) is 0 Å². The number of rotatable bonds is 2. The average molecular weight is 229 g/mol. The van der Waals surface area contributed by atoms with Gasteiger partial charge in [-0.15, -0.1) is 0 Å². The zero-order valence-corrected chi connectivity index (χ0v) is 9.72. The van der Waals surface area contributed by atoms with E-state index in [0.29, 0.717) is 6.04 Å². The van der Waals surface area contributed by atoms with Crippen LogP contribution >= 0.6 is 0 Å². The molecule has 0 saturated carbocycles. The topological polar surface area (TPSA) is 50.1 Å². The number of nitrogens with zero attached hydrogens (tertiary/aromatic N) is 2. The lowest BCUT2D eigenvalue weighted by molar-refractivity contribution is 0.474. The minimum atomic E-state index is 0.267. The van der Waals surface area contributed by atoms with Gasteiger partial charge in [-0.2, -0.15) is 5.10 Å². The second kappa shape index (κ2) is 3.89. The molecule has 88 valence electrons. The molecule has 17 heavy (non-hydrogen) atoms. The number of aromatic hydroxyl groups is 1. The van der Waals surface area contributed by atoms with Gasteiger partial charge in [0.15, 0.2) is 0 Å². The largest absolute Gasteiger partial charge is 0.508 e. The van der Waals surface area contributed by atoms with Gasteiger partial charge < -0.3 is 10.4 Å². The fraction of sp³-hybridized carbons (Fsp3) is 0.308. The van der Waals surface area contributed by atoms with E-state index in [4.69, 9.17) is 0 Å². The van der Waals surface area contributed by atoms with Crippen molar-refractivity contribution in [2.24, 2.45) is 0 Å². The van der Waals surface area contributed by atoms with Crippen molar-refractivity contribution in [2.75, 3.05) is 7.05 Å². The molecule has 1 atom stereocenters. The van der Waals surface area contributed by atoms with Crippen LogP contribution in [0.15, 0.2) is 30.5 Å². The highest BCUT2D eigenvalue weighted by Crippen LogP contribution is 2.30. The van der Waals surface area contributed by atoms with Crippen molar-refractivity contribution >= 4 is 0 Å². The number of phenols is 1. The summed E-state index contributed by atoms with van der Waals surface area (Å²) >= 11 is 0. The Kier molecular flexibility index (Phi) is 2.37. The summed E-state index contributed by atoms with van der Waals surface area (Å²) in [6.45, 7) is 0. The van der Waals surface area contributed by atoms with Crippen molar-refractivity contribution in [3.8, 4) is 11.4 Å². The van der Waals surface area contributed by atoms with Gasteiger partial charge in [0.25, 0.3) is 0 Å². The van der Waals surface area contributed by atoms with Gasteiger partial charge in [-0.05, 0) is 37.6 Å². The molecule has 2 N–H and O–H groups in total. The van der Waals surface area contributed by atoms with Crippen LogP contribution in [0.4, 0.5) is 0 Å². The standard InChI is InChI=1S/C13H15N3O/c1-14-12-6-5-9-8-16(15-13(9)12)10-3-2-4-11(17)7-10/h2-4,7-8,12,14,17H,5-6H2,1H3. The van der Waals surface area contributed by atoms with E-state index in [1.54, 1.807) is 12.1 Å². The van der Waals surface area contributed by atoms with Gasteiger partial charge in [0.2, 0.25) is 0 Å². The molecular weight excluding hydrogens is 214 g/mol. The van der Waals surface area contributed by atoms with Crippen molar-refractivity contribution in [2.45, 2.75) is 18.9 Å². The van der Waals surface area contributed by atoms with Crippen LogP contribution in [0.5, 0.6) is 5.75 Å². The van der Waals surface area contributed by atoms with E-state index < -0.39 is 0 Å². The van der Waals surface area contributed by atoms with E-state index in [-0.39, 0.29) is 5.75 Å². The zero-order chi connectivity index (χ0) is 11.8. The van der Waals surface area contributed by atoms with Gasteiger partial charge in [0, 0.05) is 12.3 Å². The van der Waals surface area contributed by atoms with E-state index in [1.165, 1.54) is 5.56 Å². The second-order valence-corrected chi connectivity index (χ2v) is 4.38. The minimum Gasteiger partial charge on any atom is -0.508 e. The Labute approximate surface area is 99.9 Å². The molecule has 1 aromatic carbocycles. The number of fused-ring (bicyclic) bond motifs is 1. The summed E-state index contributed by atoms with van der Waals surface area (Å²) in [6, 6.07) is 7.51. The number of benzene rings is 1. The summed E-state index contributed by atoms with van der Waals surface area (Å²) in [4.78, 5) is 0. The van der Waals surface area contributed by atoms with Crippen LogP contribution in [0, 0.1) is 0 Å². The fourth-order valence-electron chi connectivity index (χ4n) is 2.39. The summed E-state index contributed by atoms with van der Waals surface area (Å²) in [5, 5.41) is 17.3. The monoisotopic (exact) mass is 229 g/mol. The molecule has 1 aliphatic rings. The van der Waals surface area contributed by atoms with Crippen LogP contribution in [0.1, 0.15) is 23.7 Å². The number of phenolic OH excluding ortho intramolecular Hbond substituents is 1. The van der Waals surface area contributed by atoms with Crippen LogP contribution in [-0.4, -0.2) is 21.9 Å². The summed E-state index contributed by atoms with van der Waals surface area (Å²) in [6.07, 6.45) is 4.25. The number of nitrogens with one attached hydrogen (secondary N) is 1. The summed E-state index contributed by atoms with van der Waals surface area (Å²) < 4.78 is 1.84. The highest BCUT2D eigenvalue weighted by molar-refractivity contribution is 5.40. The third kappa shape index (κ3) is 1.70. The van der Waals surface area contributed by atoms with Crippen LogP contribution in [-0.2, 0) is 6.42 Å². The molecular formula is C13H15N3O. The van der Waals surface area contributed by atoms with Crippen molar-refractivity contribution in [1.29, 1.82) is 0 Å². The van der Waals surface area contributed by atoms with Crippen molar-refractivity contribution in [1.82, 2.24) is 15.1 Å². The maximum atomic E-state index is 9.47. The lowest BCUT2D eigenvalue weighted by Crippen LogP contribution is -2.14. The second-order valence-electron chi connectivity index (χ2n) is 4.38. The molecule has 1 heterocycles. The quantitative estimate of drug-likeness (QED) is 0.825. The van der Waals surface area contributed by atoms with Gasteiger partial charge in [-0.1, -0.05) is 6.07 Å². The molecule has 4 nitrogen and oxygen atoms in total. The third-order valence-corrected chi connectivity index (χ3v) is 3.30. The van der Waals surface area contributed by atoms with Gasteiger partial charge in [-0.3, -0.25) is 0 Å². The van der Waals surface area contributed by atoms with E-state index in [0.717, 1.165) is 24.2 Å². The van der Waals surface area contributed by atoms with Crippen molar-refractivity contribution in [3.05, 3.63) is 41.7 Å². The van der Waals surface area contributed by atoms with Gasteiger partial charge in [0.1, 0.15) is 5.75 Å². The lowest BCUT2D eigenvalue weighted by atomic mass is 10.2. The van der Waals surface area contributed by atoms with Crippen LogP contribution < -0.4 is 5.32 Å². The number of hydrogen-bond acceptors (Lipinski definition) is 3. The number of aromatic nitrogens is 2. The lowest BCUT2D eigenvalue weighted by Gasteiger charge is -2.07. The molecule has 1 aromatic heterocycles. The number of hydrogen-bond donors (Lipinski definition) is 2. The maximum Gasteiger partial charge on any atom is 0.117 e. The molecule has 1 unspecified atom stereocenters. The Bertz CT molecular complexity index is 547. The molecule has 1 aliphatic carbocycles. The fourth-order valence-corrected chi connectivity index (χ4v) is 2.39. The number of aryl methyl sites for hydroxylation is 1. The molecule has 0 radical (unpaired) electrons. The predicted molar refractivity (Wildman–Crippen MR) is 65.4 cm³/mol. The third-order valence-electron chi connectivity index (χ3n) is 3.30. The van der Waals surface area contributed by atoms with E-state index in [9.17, 15) is 5.11 Å². The summed E-state index contributed by atoms with van der Waals surface area (Å²) in [5.41, 5.74) is 3.33. The SMILES string of the molecule is CNC1CCc2cn(-c3cccc(O)c3)nc21. The van der Waals surface area contributed by atoms with E-state index >= 15 is 0 Å². The molecule has 2 aromatic rings. The molecule has 0 spiro atoms. The van der Waals surface area contributed by atoms with Crippen LogP contribution in [0.3, 0.4) is 0 Å². The Balaban J connectivity index is 2.01. The Hall–Kier alpha value is -1.81. The first-order chi connectivity index (χ1) is 8.28. The Morgan fingerprint density at radius 1 is 1.47 bits per heavy atom. The molecule has 0 fully saturated rings. The molecule has 4 heteroatoms. The molecule has 0 saturated heterocycles. The van der Waals surface area contributed by atoms with Crippen LogP contribution in [0.25, 0.3) is 5.69 Å². The highest BCUT2D eigenvalue weighted by atomic mass is 16.3. The first-order valence-corrected chi connectivity index (χ1v) is 5.83. The first-order valence-electron chi connectivity index (χ1n) is 5.83. The molecule has 0 aliphatic heterocycles. The van der Waals surface area contributed by atoms with Gasteiger partial charge in [-0.25, -0.2) is 4.68 Å². The maximum absolute atomic E-state index is 9.47. The molecule has 3 rings (SSSR count). The normalized spacial score (nSPS) is 18.3.